The molecule has 3 N–H and O–H groups in total. The number of fused-ring (bicyclic) bond motifs is 4. The van der Waals surface area contributed by atoms with Gasteiger partial charge in [-0.25, -0.2) is 0 Å². The third-order valence-electron chi connectivity index (χ3n) is 7.45. The van der Waals surface area contributed by atoms with Crippen molar-refractivity contribution in [1.82, 2.24) is 20.3 Å². The fraction of sp³-hybridized carbons (Fsp3) is 0.483. The fourth-order valence-electron chi connectivity index (χ4n) is 5.01. The molecular weight excluding hydrogens is 500 g/mol. The summed E-state index contributed by atoms with van der Waals surface area (Å²) in [5, 5.41) is 5.95. The fourth-order valence-corrected chi connectivity index (χ4v) is 5.26. The van der Waals surface area contributed by atoms with E-state index in [1.807, 2.05) is 60.4 Å². The number of carbonyl (C=O) groups excluding carboxylic acids is 3. The lowest BCUT2D eigenvalue weighted by Gasteiger charge is -2.22. The van der Waals surface area contributed by atoms with Crippen LogP contribution in [0.25, 0.3) is 0 Å². The molecule has 0 aliphatic carbocycles. The lowest BCUT2D eigenvalue weighted by atomic mass is 10.0. The lowest BCUT2D eigenvalue weighted by Crippen LogP contribution is -2.51. The van der Waals surface area contributed by atoms with Crippen LogP contribution in [-0.2, 0) is 27.3 Å². The monoisotopic (exact) mass is 538 g/mol. The van der Waals surface area contributed by atoms with Crippen LogP contribution in [0.5, 0.6) is 5.75 Å². The normalized spacial score (nSPS) is 23.5. The molecule has 0 aromatic heterocycles. The maximum atomic E-state index is 13.3. The van der Waals surface area contributed by atoms with E-state index >= 15 is 0 Å². The van der Waals surface area contributed by atoms with Crippen LogP contribution in [-0.4, -0.2) is 54.4 Å². The molecule has 1 saturated heterocycles. The summed E-state index contributed by atoms with van der Waals surface area (Å²) >= 11 is 4.16. The summed E-state index contributed by atoms with van der Waals surface area (Å²) in [7, 11) is 0. The molecule has 2 aliphatic rings. The molecule has 2 unspecified atom stereocenters. The van der Waals surface area contributed by atoms with Crippen LogP contribution >= 0.6 is 12.8 Å². The molecule has 3 atom stereocenters. The van der Waals surface area contributed by atoms with Crippen LogP contribution in [0.15, 0.2) is 48.5 Å². The van der Waals surface area contributed by atoms with Crippen LogP contribution in [0.3, 0.4) is 0 Å². The van der Waals surface area contributed by atoms with E-state index in [9.17, 15) is 14.4 Å². The van der Waals surface area contributed by atoms with E-state index in [4.69, 9.17) is 4.74 Å². The first-order valence-corrected chi connectivity index (χ1v) is 13.9. The summed E-state index contributed by atoms with van der Waals surface area (Å²) in [6, 6.07) is 14.5. The Labute approximate surface area is 230 Å². The second-order valence-corrected chi connectivity index (χ2v) is 10.5. The van der Waals surface area contributed by atoms with Gasteiger partial charge in [-0.15, -0.1) is 0 Å². The molecule has 1 fully saturated rings. The molecule has 2 aromatic carbocycles. The zero-order valence-electron chi connectivity index (χ0n) is 21.9. The van der Waals surface area contributed by atoms with E-state index in [0.717, 1.165) is 35.4 Å². The van der Waals surface area contributed by atoms with Gasteiger partial charge in [0, 0.05) is 32.0 Å². The van der Waals surface area contributed by atoms with Crippen molar-refractivity contribution >= 4 is 30.5 Å². The molecule has 9 heteroatoms. The average Bonchev–Trinajstić information content (AvgIpc) is 3.41. The van der Waals surface area contributed by atoms with Crippen molar-refractivity contribution in [3.8, 4) is 5.75 Å². The average molecular weight is 539 g/mol. The number of nitrogens with one attached hydrogen (secondary N) is 3. The number of hydrogen-bond donors (Lipinski definition) is 4. The van der Waals surface area contributed by atoms with Gasteiger partial charge >= 0.3 is 0 Å². The van der Waals surface area contributed by atoms with Crippen LogP contribution in [0.2, 0.25) is 0 Å². The maximum Gasteiger partial charge on any atom is 0.242 e. The number of ether oxygens (including phenoxy) is 1. The smallest absolute Gasteiger partial charge is 0.242 e. The third-order valence-corrected chi connectivity index (χ3v) is 7.76. The third kappa shape index (κ3) is 7.74. The van der Waals surface area contributed by atoms with Crippen LogP contribution in [0, 0.1) is 12.8 Å². The summed E-state index contributed by atoms with van der Waals surface area (Å²) in [5.41, 5.74) is 3.10. The van der Waals surface area contributed by atoms with Crippen molar-refractivity contribution in [1.29, 1.82) is 0 Å². The standard InChI is InChI=1S/C29H38N4O4S/c1-20-10-12-24-16-23(20)17-30-28(35)25(13-11-21-6-3-2-4-7-21)31-29(36)26(32-38)8-5-9-27(34)33-15-14-22(18-33)19-37-24/h2-4,6-7,10,12,16,22,25-26,32,38H,5,8-9,11,13-15,17-19H2,1H3,(H,30,35)(H,31,36)/t22?,25-,26?/m0/s1. The number of aryl methyl sites for hydroxylation is 2. The number of thiol groups is 1. The first kappa shape index (κ1) is 28.0. The van der Waals surface area contributed by atoms with Gasteiger partial charge in [0.15, 0.2) is 0 Å². The Kier molecular flexibility index (Phi) is 10.1. The molecule has 4 bridgehead atoms. The summed E-state index contributed by atoms with van der Waals surface area (Å²) in [6.07, 6.45) is 3.37. The molecule has 2 heterocycles. The Bertz CT molecular complexity index is 1110. The second-order valence-electron chi connectivity index (χ2n) is 10.3. The minimum absolute atomic E-state index is 0.0986. The Morgan fingerprint density at radius 3 is 2.68 bits per heavy atom. The largest absolute Gasteiger partial charge is 0.493 e. The SMILES string of the molecule is Cc1ccc2cc1CNC(=O)[C@H](CCc1ccccc1)NC(=O)C(NS)CCCC(=O)N1CCC(CO2)C1. The number of rotatable bonds is 4. The molecule has 8 nitrogen and oxygen atoms in total. The van der Waals surface area contributed by atoms with Crippen molar-refractivity contribution in [2.45, 2.75) is 64.1 Å². The van der Waals surface area contributed by atoms with E-state index < -0.39 is 12.1 Å². The Hall–Kier alpha value is -3.04. The minimum atomic E-state index is -0.711. The molecule has 0 saturated carbocycles. The maximum absolute atomic E-state index is 13.3. The van der Waals surface area contributed by atoms with E-state index in [1.165, 1.54) is 0 Å². The summed E-state index contributed by atoms with van der Waals surface area (Å²) in [5.74, 6) is 0.594. The highest BCUT2D eigenvalue weighted by Gasteiger charge is 2.28. The van der Waals surface area contributed by atoms with Crippen LogP contribution in [0.4, 0.5) is 0 Å². The van der Waals surface area contributed by atoms with Crippen molar-refractivity contribution in [3.05, 3.63) is 65.2 Å². The highest BCUT2D eigenvalue weighted by molar-refractivity contribution is 7.78. The Morgan fingerprint density at radius 2 is 1.89 bits per heavy atom. The lowest BCUT2D eigenvalue weighted by molar-refractivity contribution is -0.131. The van der Waals surface area contributed by atoms with Crippen molar-refractivity contribution in [2.75, 3.05) is 19.7 Å². The van der Waals surface area contributed by atoms with Crippen LogP contribution < -0.4 is 20.1 Å². The van der Waals surface area contributed by atoms with Gasteiger partial charge in [0.25, 0.3) is 0 Å². The predicted molar refractivity (Wildman–Crippen MR) is 150 cm³/mol. The van der Waals surface area contributed by atoms with Gasteiger partial charge in [0.1, 0.15) is 11.8 Å². The molecule has 3 amide bonds. The van der Waals surface area contributed by atoms with Gasteiger partial charge in [-0.1, -0.05) is 49.2 Å². The molecule has 38 heavy (non-hydrogen) atoms. The zero-order valence-corrected chi connectivity index (χ0v) is 22.8. The molecule has 0 radical (unpaired) electrons. The Balaban J connectivity index is 1.52. The van der Waals surface area contributed by atoms with E-state index in [0.29, 0.717) is 51.8 Å². The Morgan fingerprint density at radius 1 is 1.08 bits per heavy atom. The van der Waals surface area contributed by atoms with Gasteiger partial charge in [-0.2, -0.15) is 0 Å². The van der Waals surface area contributed by atoms with Crippen LogP contribution in [0.1, 0.15) is 48.8 Å². The van der Waals surface area contributed by atoms with Crippen molar-refractivity contribution in [3.63, 3.8) is 0 Å². The highest BCUT2D eigenvalue weighted by Crippen LogP contribution is 2.22. The number of carbonyl (C=O) groups is 3. The zero-order chi connectivity index (χ0) is 26.9. The molecule has 2 aliphatic heterocycles. The van der Waals surface area contributed by atoms with Gasteiger partial charge in [0.05, 0.1) is 12.6 Å². The summed E-state index contributed by atoms with van der Waals surface area (Å²) in [6.45, 7) is 4.30. The first-order chi connectivity index (χ1) is 18.4. The molecule has 2 aromatic rings. The topological polar surface area (TPSA) is 99.8 Å². The predicted octanol–water partition coefficient (Wildman–Crippen LogP) is 2.94. The first-order valence-electron chi connectivity index (χ1n) is 13.4. The molecule has 4 rings (SSSR count). The summed E-state index contributed by atoms with van der Waals surface area (Å²) in [4.78, 5) is 41.1. The number of benzene rings is 2. The number of hydrogen-bond acceptors (Lipinski definition) is 6. The number of amides is 3. The summed E-state index contributed by atoms with van der Waals surface area (Å²) < 4.78 is 8.85. The van der Waals surface area contributed by atoms with Gasteiger partial charge in [-0.05, 0) is 67.9 Å². The second kappa shape index (κ2) is 13.7. The van der Waals surface area contributed by atoms with E-state index in [-0.39, 0.29) is 23.6 Å². The van der Waals surface area contributed by atoms with Crippen molar-refractivity contribution in [2.24, 2.45) is 5.92 Å². The molecular formula is C29H38N4O4S. The minimum Gasteiger partial charge on any atom is -0.493 e. The van der Waals surface area contributed by atoms with Gasteiger partial charge in [0.2, 0.25) is 17.7 Å². The number of nitrogens with zero attached hydrogens (tertiary/aromatic N) is 1. The van der Waals surface area contributed by atoms with E-state index in [2.05, 4.69) is 28.2 Å². The van der Waals surface area contributed by atoms with Crippen molar-refractivity contribution < 1.29 is 19.1 Å². The van der Waals surface area contributed by atoms with Gasteiger partial charge in [-0.3, -0.25) is 19.1 Å². The molecule has 0 spiro atoms. The van der Waals surface area contributed by atoms with E-state index in [1.54, 1.807) is 0 Å². The quantitative estimate of drug-likeness (QED) is 0.449. The molecule has 204 valence electrons. The van der Waals surface area contributed by atoms with Gasteiger partial charge < -0.3 is 20.3 Å². The highest BCUT2D eigenvalue weighted by atomic mass is 32.1.